The summed E-state index contributed by atoms with van der Waals surface area (Å²) in [4.78, 5) is 0. The molecule has 2 radical (unpaired) electrons. The van der Waals surface area contributed by atoms with E-state index >= 15 is 0 Å². The fourth-order valence-electron chi connectivity index (χ4n) is 2.42. The Bertz CT molecular complexity index is 196. The quantitative estimate of drug-likeness (QED) is 0.698. The van der Waals surface area contributed by atoms with Gasteiger partial charge in [-0.1, -0.05) is 27.7 Å². The van der Waals surface area contributed by atoms with Gasteiger partial charge in [0.05, 0.1) is 6.10 Å². The zero-order chi connectivity index (χ0) is 12.1. The van der Waals surface area contributed by atoms with Crippen LogP contribution in [-0.2, 0) is 4.74 Å². The molecule has 1 heterocycles. The summed E-state index contributed by atoms with van der Waals surface area (Å²) in [6.45, 7) is 9.94. The minimum atomic E-state index is -0.0344. The fourth-order valence-corrected chi connectivity index (χ4v) is 2.42. The molecule has 1 N–H and O–H groups in total. The highest BCUT2D eigenvalue weighted by Gasteiger charge is 2.32. The van der Waals surface area contributed by atoms with E-state index < -0.39 is 0 Å². The number of hydrogen-bond donors (Lipinski definition) is 1. The number of ether oxygens (including phenoxy) is 1. The van der Waals surface area contributed by atoms with Crippen LogP contribution >= 0.6 is 0 Å². The second kappa shape index (κ2) is 6.66. The summed E-state index contributed by atoms with van der Waals surface area (Å²) in [6, 6.07) is 0.535. The van der Waals surface area contributed by atoms with Crippen LogP contribution in [0.5, 0.6) is 0 Å². The third-order valence-electron chi connectivity index (χ3n) is 3.18. The molecule has 3 heteroatoms. The molecule has 0 unspecified atom stereocenters. The van der Waals surface area contributed by atoms with Crippen molar-refractivity contribution in [2.45, 2.75) is 65.1 Å². The average molecular weight is 223 g/mol. The summed E-state index contributed by atoms with van der Waals surface area (Å²) < 4.78 is 5.79. The lowest BCUT2D eigenvalue weighted by Gasteiger charge is -2.21. The first-order chi connectivity index (χ1) is 7.49. The minimum Gasteiger partial charge on any atom is -0.384 e. The topological polar surface area (TPSA) is 21.3 Å². The smallest absolute Gasteiger partial charge is 0.109 e. The largest absolute Gasteiger partial charge is 0.384 e. The molecule has 0 bridgehead atoms. The van der Waals surface area contributed by atoms with Crippen LogP contribution in [0.1, 0.15) is 47.0 Å². The highest BCUT2D eigenvalue weighted by Crippen LogP contribution is 2.31. The Hall–Kier alpha value is -0.0151. The standard InChI is InChI=1S/C13H26BNO/c1-9(2)7-12-11(8-13(14)16-12)5-6-15-10(3)4/h9-13,15H,5-8H2,1-4H3/t11-,12-,13-/m1/s1. The van der Waals surface area contributed by atoms with E-state index in [0.717, 1.165) is 19.4 Å². The van der Waals surface area contributed by atoms with E-state index in [2.05, 4.69) is 33.0 Å². The SMILES string of the molecule is [B][C@H]1C[C@@H](CCNC(C)C)[C@@H](CC(C)C)O1. The third kappa shape index (κ3) is 4.88. The van der Waals surface area contributed by atoms with Crippen molar-refractivity contribution in [2.75, 3.05) is 6.54 Å². The Kier molecular flexibility index (Phi) is 5.84. The van der Waals surface area contributed by atoms with Crippen LogP contribution in [0.4, 0.5) is 0 Å². The maximum absolute atomic E-state index is 5.88. The first kappa shape index (κ1) is 14.0. The van der Waals surface area contributed by atoms with E-state index in [1.807, 2.05) is 0 Å². The lowest BCUT2D eigenvalue weighted by molar-refractivity contribution is 0.0544. The van der Waals surface area contributed by atoms with Crippen LogP contribution in [0.15, 0.2) is 0 Å². The van der Waals surface area contributed by atoms with E-state index in [1.54, 1.807) is 0 Å². The number of rotatable bonds is 6. The second-order valence-corrected chi connectivity index (χ2v) is 5.74. The molecule has 0 saturated carbocycles. The number of hydrogen-bond acceptors (Lipinski definition) is 2. The summed E-state index contributed by atoms with van der Waals surface area (Å²) >= 11 is 0. The molecule has 0 aromatic carbocycles. The Balaban J connectivity index is 2.31. The molecule has 0 aromatic heterocycles. The van der Waals surface area contributed by atoms with Gasteiger partial charge in [0.1, 0.15) is 7.85 Å². The first-order valence-corrected chi connectivity index (χ1v) is 6.63. The van der Waals surface area contributed by atoms with Crippen molar-refractivity contribution in [3.05, 3.63) is 0 Å². The molecule has 1 rings (SSSR count). The molecule has 0 spiro atoms. The maximum Gasteiger partial charge on any atom is 0.109 e. The lowest BCUT2D eigenvalue weighted by Crippen LogP contribution is -2.28. The van der Waals surface area contributed by atoms with Gasteiger partial charge in [-0.25, -0.2) is 0 Å². The van der Waals surface area contributed by atoms with Crippen molar-refractivity contribution in [1.29, 1.82) is 0 Å². The molecular formula is C13H26BNO. The van der Waals surface area contributed by atoms with Gasteiger partial charge in [0.2, 0.25) is 0 Å². The molecule has 1 aliphatic heterocycles. The lowest BCUT2D eigenvalue weighted by atomic mass is 9.86. The van der Waals surface area contributed by atoms with Crippen molar-refractivity contribution >= 4 is 7.85 Å². The fraction of sp³-hybridized carbons (Fsp3) is 1.00. The van der Waals surface area contributed by atoms with Gasteiger partial charge in [-0.15, -0.1) is 0 Å². The average Bonchev–Trinajstić information content (AvgIpc) is 2.44. The van der Waals surface area contributed by atoms with E-state index in [4.69, 9.17) is 12.6 Å². The Morgan fingerprint density at radius 3 is 2.56 bits per heavy atom. The van der Waals surface area contributed by atoms with Gasteiger partial charge in [0.25, 0.3) is 0 Å². The van der Waals surface area contributed by atoms with Crippen LogP contribution in [-0.4, -0.2) is 32.5 Å². The molecule has 1 fully saturated rings. The highest BCUT2D eigenvalue weighted by atomic mass is 16.5. The predicted molar refractivity (Wildman–Crippen MR) is 69.7 cm³/mol. The van der Waals surface area contributed by atoms with Crippen molar-refractivity contribution in [1.82, 2.24) is 5.32 Å². The molecule has 1 aliphatic rings. The third-order valence-corrected chi connectivity index (χ3v) is 3.18. The number of nitrogens with one attached hydrogen (secondary N) is 1. The summed E-state index contributed by atoms with van der Waals surface area (Å²) in [7, 11) is 5.88. The Labute approximate surface area is 102 Å². The molecule has 0 aliphatic carbocycles. The van der Waals surface area contributed by atoms with Gasteiger partial charge >= 0.3 is 0 Å². The summed E-state index contributed by atoms with van der Waals surface area (Å²) in [6.07, 6.45) is 3.73. The van der Waals surface area contributed by atoms with E-state index in [1.165, 1.54) is 6.42 Å². The highest BCUT2D eigenvalue weighted by molar-refractivity contribution is 6.11. The van der Waals surface area contributed by atoms with Crippen LogP contribution in [0.2, 0.25) is 0 Å². The van der Waals surface area contributed by atoms with E-state index in [-0.39, 0.29) is 6.00 Å². The van der Waals surface area contributed by atoms with Gasteiger partial charge in [-0.3, -0.25) is 0 Å². The Morgan fingerprint density at radius 1 is 1.31 bits per heavy atom. The van der Waals surface area contributed by atoms with Gasteiger partial charge in [0, 0.05) is 12.0 Å². The van der Waals surface area contributed by atoms with E-state index in [0.29, 0.717) is 24.0 Å². The van der Waals surface area contributed by atoms with Crippen molar-refractivity contribution < 1.29 is 4.74 Å². The van der Waals surface area contributed by atoms with E-state index in [9.17, 15) is 0 Å². The van der Waals surface area contributed by atoms with Crippen LogP contribution in [0.3, 0.4) is 0 Å². The van der Waals surface area contributed by atoms with Gasteiger partial charge in [0.15, 0.2) is 0 Å². The van der Waals surface area contributed by atoms with Crippen molar-refractivity contribution in [3.8, 4) is 0 Å². The summed E-state index contributed by atoms with van der Waals surface area (Å²) in [5.41, 5.74) is 0. The Morgan fingerprint density at radius 2 is 2.00 bits per heavy atom. The monoisotopic (exact) mass is 223 g/mol. The minimum absolute atomic E-state index is 0.0344. The molecular weight excluding hydrogens is 197 g/mol. The normalized spacial score (nSPS) is 30.5. The van der Waals surface area contributed by atoms with Crippen molar-refractivity contribution in [2.24, 2.45) is 11.8 Å². The molecule has 92 valence electrons. The van der Waals surface area contributed by atoms with Crippen LogP contribution < -0.4 is 5.32 Å². The van der Waals surface area contributed by atoms with Gasteiger partial charge < -0.3 is 10.1 Å². The molecule has 1 saturated heterocycles. The molecule has 16 heavy (non-hydrogen) atoms. The maximum atomic E-state index is 5.88. The summed E-state index contributed by atoms with van der Waals surface area (Å²) in [5, 5.41) is 3.46. The van der Waals surface area contributed by atoms with Gasteiger partial charge in [-0.05, 0) is 37.6 Å². The zero-order valence-electron chi connectivity index (χ0n) is 11.2. The van der Waals surface area contributed by atoms with Crippen molar-refractivity contribution in [3.63, 3.8) is 0 Å². The molecule has 0 aromatic rings. The second-order valence-electron chi connectivity index (χ2n) is 5.74. The zero-order valence-corrected chi connectivity index (χ0v) is 11.2. The molecule has 0 amide bonds. The first-order valence-electron chi connectivity index (χ1n) is 6.63. The summed E-state index contributed by atoms with van der Waals surface area (Å²) in [5.74, 6) is 1.33. The van der Waals surface area contributed by atoms with Crippen LogP contribution in [0.25, 0.3) is 0 Å². The molecule has 2 nitrogen and oxygen atoms in total. The van der Waals surface area contributed by atoms with Crippen LogP contribution in [0, 0.1) is 11.8 Å². The van der Waals surface area contributed by atoms with Gasteiger partial charge in [-0.2, -0.15) is 0 Å². The predicted octanol–water partition coefficient (Wildman–Crippen LogP) is 2.32. The molecule has 3 atom stereocenters.